The van der Waals surface area contributed by atoms with Gasteiger partial charge < -0.3 is 9.72 Å². The largest absolute Gasteiger partial charge is 0.497 e. The highest BCUT2D eigenvalue weighted by atomic mass is 16.5. The van der Waals surface area contributed by atoms with E-state index in [0.29, 0.717) is 0 Å². The average Bonchev–Trinajstić information content (AvgIpc) is 2.81. The van der Waals surface area contributed by atoms with Crippen LogP contribution in [0, 0.1) is 6.92 Å². The van der Waals surface area contributed by atoms with Crippen molar-refractivity contribution in [3.8, 4) is 17.0 Å². The topological polar surface area (TPSA) is 37.9 Å². The summed E-state index contributed by atoms with van der Waals surface area (Å²) in [4.78, 5) is 7.69. The maximum atomic E-state index is 5.27. The van der Waals surface area contributed by atoms with E-state index in [1.807, 2.05) is 36.7 Å². The molecule has 0 aliphatic heterocycles. The highest BCUT2D eigenvalue weighted by molar-refractivity contribution is 5.95. The first-order valence-corrected chi connectivity index (χ1v) is 5.86. The first-order valence-electron chi connectivity index (χ1n) is 5.86. The van der Waals surface area contributed by atoms with Crippen LogP contribution in [0.2, 0.25) is 0 Å². The molecule has 0 unspecified atom stereocenters. The minimum absolute atomic E-state index is 0.857. The average molecular weight is 238 g/mol. The van der Waals surface area contributed by atoms with Crippen LogP contribution in [0.15, 0.2) is 42.7 Å². The lowest BCUT2D eigenvalue weighted by Gasteiger charge is -2.02. The van der Waals surface area contributed by atoms with Gasteiger partial charge in [-0.2, -0.15) is 0 Å². The molecule has 3 rings (SSSR count). The fourth-order valence-corrected chi connectivity index (χ4v) is 2.12. The third-order valence-electron chi connectivity index (χ3n) is 3.08. The number of hydrogen-bond acceptors (Lipinski definition) is 2. The number of rotatable bonds is 2. The second-order valence-electron chi connectivity index (χ2n) is 4.33. The number of nitrogens with one attached hydrogen (secondary N) is 1. The SMILES string of the molecule is COc1ccc2[nH]cc(-c3cc(C)ccn3)c2c1. The molecule has 1 N–H and O–H groups in total. The molecule has 2 aromatic heterocycles. The maximum Gasteiger partial charge on any atom is 0.119 e. The molecule has 0 fully saturated rings. The van der Waals surface area contributed by atoms with Crippen molar-refractivity contribution in [1.29, 1.82) is 0 Å². The van der Waals surface area contributed by atoms with Crippen molar-refractivity contribution < 1.29 is 4.74 Å². The maximum absolute atomic E-state index is 5.27. The molecule has 0 aliphatic rings. The molecule has 0 bridgehead atoms. The Bertz CT molecular complexity index is 701. The molecular weight excluding hydrogens is 224 g/mol. The summed E-state index contributed by atoms with van der Waals surface area (Å²) in [7, 11) is 1.68. The number of aromatic amines is 1. The summed E-state index contributed by atoms with van der Waals surface area (Å²) in [6.07, 6.45) is 3.83. The molecule has 0 spiro atoms. The minimum Gasteiger partial charge on any atom is -0.497 e. The zero-order chi connectivity index (χ0) is 12.5. The van der Waals surface area contributed by atoms with Crippen LogP contribution in [0.3, 0.4) is 0 Å². The minimum atomic E-state index is 0.857. The Morgan fingerprint density at radius 1 is 1.17 bits per heavy atom. The lowest BCUT2D eigenvalue weighted by Crippen LogP contribution is -1.84. The number of nitrogens with zero attached hydrogens (tertiary/aromatic N) is 1. The zero-order valence-corrected chi connectivity index (χ0v) is 10.4. The van der Waals surface area contributed by atoms with E-state index in [4.69, 9.17) is 4.74 Å². The number of methoxy groups -OCH3 is 1. The molecule has 0 saturated carbocycles. The van der Waals surface area contributed by atoms with Gasteiger partial charge in [-0.25, -0.2) is 0 Å². The molecule has 0 amide bonds. The van der Waals surface area contributed by atoms with Gasteiger partial charge in [-0.3, -0.25) is 4.98 Å². The van der Waals surface area contributed by atoms with Gasteiger partial charge in [-0.15, -0.1) is 0 Å². The Labute approximate surface area is 105 Å². The Morgan fingerprint density at radius 2 is 2.06 bits per heavy atom. The quantitative estimate of drug-likeness (QED) is 0.741. The number of hydrogen-bond donors (Lipinski definition) is 1. The molecule has 90 valence electrons. The Morgan fingerprint density at radius 3 is 2.83 bits per heavy atom. The van der Waals surface area contributed by atoms with Crippen LogP contribution >= 0.6 is 0 Å². The summed E-state index contributed by atoms with van der Waals surface area (Å²) in [6, 6.07) is 10.1. The van der Waals surface area contributed by atoms with Crippen LogP contribution in [-0.2, 0) is 0 Å². The monoisotopic (exact) mass is 238 g/mol. The zero-order valence-electron chi connectivity index (χ0n) is 10.4. The van der Waals surface area contributed by atoms with Crippen molar-refractivity contribution in [1.82, 2.24) is 9.97 Å². The number of aryl methyl sites for hydroxylation is 1. The molecule has 0 atom stereocenters. The molecule has 3 heteroatoms. The summed E-state index contributed by atoms with van der Waals surface area (Å²) in [5.41, 5.74) is 4.38. The van der Waals surface area contributed by atoms with Gasteiger partial charge in [0.15, 0.2) is 0 Å². The molecule has 1 aromatic carbocycles. The predicted molar refractivity (Wildman–Crippen MR) is 72.8 cm³/mol. The van der Waals surface area contributed by atoms with Gasteiger partial charge in [-0.1, -0.05) is 0 Å². The second kappa shape index (κ2) is 4.18. The lowest BCUT2D eigenvalue weighted by molar-refractivity contribution is 0.415. The van der Waals surface area contributed by atoms with Gasteiger partial charge in [0.1, 0.15) is 5.75 Å². The van der Waals surface area contributed by atoms with Crippen molar-refractivity contribution in [2.24, 2.45) is 0 Å². The number of pyridine rings is 1. The highest BCUT2D eigenvalue weighted by Crippen LogP contribution is 2.30. The second-order valence-corrected chi connectivity index (χ2v) is 4.33. The summed E-state index contributed by atoms with van der Waals surface area (Å²) in [5, 5.41) is 1.13. The Hall–Kier alpha value is -2.29. The number of H-pyrrole nitrogens is 1. The lowest BCUT2D eigenvalue weighted by atomic mass is 10.1. The van der Waals surface area contributed by atoms with Crippen molar-refractivity contribution in [2.75, 3.05) is 7.11 Å². The van der Waals surface area contributed by atoms with Crippen LogP contribution in [0.1, 0.15) is 5.56 Å². The summed E-state index contributed by atoms with van der Waals surface area (Å²) in [5.74, 6) is 0.857. The molecule has 2 heterocycles. The molecule has 0 aliphatic carbocycles. The highest BCUT2D eigenvalue weighted by Gasteiger charge is 2.08. The van der Waals surface area contributed by atoms with E-state index >= 15 is 0 Å². The number of fused-ring (bicyclic) bond motifs is 1. The van der Waals surface area contributed by atoms with Gasteiger partial charge >= 0.3 is 0 Å². The van der Waals surface area contributed by atoms with Gasteiger partial charge in [0.2, 0.25) is 0 Å². The van der Waals surface area contributed by atoms with Crippen molar-refractivity contribution in [3.63, 3.8) is 0 Å². The third kappa shape index (κ3) is 1.74. The molecule has 3 aromatic rings. The van der Waals surface area contributed by atoms with E-state index in [0.717, 1.165) is 27.9 Å². The number of benzene rings is 1. The van der Waals surface area contributed by atoms with E-state index in [-0.39, 0.29) is 0 Å². The van der Waals surface area contributed by atoms with Crippen LogP contribution < -0.4 is 4.74 Å². The molecule has 3 nitrogen and oxygen atoms in total. The fraction of sp³-hybridized carbons (Fsp3) is 0.133. The van der Waals surface area contributed by atoms with E-state index < -0.39 is 0 Å². The summed E-state index contributed by atoms with van der Waals surface area (Å²) < 4.78 is 5.27. The normalized spacial score (nSPS) is 10.8. The van der Waals surface area contributed by atoms with Crippen molar-refractivity contribution >= 4 is 10.9 Å². The Balaban J connectivity index is 2.22. The van der Waals surface area contributed by atoms with E-state index in [9.17, 15) is 0 Å². The summed E-state index contributed by atoms with van der Waals surface area (Å²) >= 11 is 0. The molecular formula is C15H14N2O. The van der Waals surface area contributed by atoms with Crippen molar-refractivity contribution in [2.45, 2.75) is 6.92 Å². The van der Waals surface area contributed by atoms with Gasteiger partial charge in [0.25, 0.3) is 0 Å². The van der Waals surface area contributed by atoms with Gasteiger partial charge in [0, 0.05) is 28.9 Å². The standard InChI is InChI=1S/C15H14N2O/c1-10-5-6-16-15(7-10)13-9-17-14-4-3-11(18-2)8-12(13)14/h3-9,17H,1-2H3. The third-order valence-corrected chi connectivity index (χ3v) is 3.08. The van der Waals surface area contributed by atoms with Crippen LogP contribution in [-0.4, -0.2) is 17.1 Å². The molecule has 0 radical (unpaired) electrons. The fourth-order valence-electron chi connectivity index (χ4n) is 2.12. The smallest absolute Gasteiger partial charge is 0.119 e. The van der Waals surface area contributed by atoms with Crippen LogP contribution in [0.4, 0.5) is 0 Å². The predicted octanol–water partition coefficient (Wildman–Crippen LogP) is 3.55. The van der Waals surface area contributed by atoms with Gasteiger partial charge in [-0.05, 0) is 42.8 Å². The van der Waals surface area contributed by atoms with E-state index in [1.165, 1.54) is 5.56 Å². The molecule has 18 heavy (non-hydrogen) atoms. The Kier molecular flexibility index (Phi) is 2.52. The number of aromatic nitrogens is 2. The van der Waals surface area contributed by atoms with Crippen LogP contribution in [0.5, 0.6) is 5.75 Å². The molecule has 0 saturated heterocycles. The van der Waals surface area contributed by atoms with Crippen LogP contribution in [0.25, 0.3) is 22.2 Å². The summed E-state index contributed by atoms with van der Waals surface area (Å²) in [6.45, 7) is 2.07. The van der Waals surface area contributed by atoms with Gasteiger partial charge in [0.05, 0.1) is 12.8 Å². The first-order chi connectivity index (χ1) is 8.78. The van der Waals surface area contributed by atoms with E-state index in [1.54, 1.807) is 7.11 Å². The first kappa shape index (κ1) is 10.8. The number of ether oxygens (including phenoxy) is 1. The van der Waals surface area contributed by atoms with E-state index in [2.05, 4.69) is 23.0 Å². The van der Waals surface area contributed by atoms with Crippen molar-refractivity contribution in [3.05, 3.63) is 48.3 Å².